The summed E-state index contributed by atoms with van der Waals surface area (Å²) in [6.45, 7) is 1.83. The van der Waals surface area contributed by atoms with Crippen molar-refractivity contribution in [3.63, 3.8) is 0 Å². The van der Waals surface area contributed by atoms with Gasteiger partial charge in [0.1, 0.15) is 5.75 Å². The lowest BCUT2D eigenvalue weighted by molar-refractivity contribution is 0.102. The fourth-order valence-electron chi connectivity index (χ4n) is 1.59. The summed E-state index contributed by atoms with van der Waals surface area (Å²) in [6, 6.07) is 7.81. The van der Waals surface area contributed by atoms with Crippen LogP contribution in [0.1, 0.15) is 15.9 Å². The number of halogens is 3. The van der Waals surface area contributed by atoms with Crippen LogP contribution in [0.5, 0.6) is 5.75 Å². The second-order valence-corrected chi connectivity index (χ2v) is 5.87. The van der Waals surface area contributed by atoms with E-state index in [1.807, 2.05) is 6.92 Å². The number of nitrogens with one attached hydrogen (secondary N) is 1. The molecular formula is C14H10BrCl2NO2. The van der Waals surface area contributed by atoms with Gasteiger partial charge in [0.05, 0.1) is 15.2 Å². The lowest BCUT2D eigenvalue weighted by Gasteiger charge is -2.10. The zero-order chi connectivity index (χ0) is 14.9. The Morgan fingerprint density at radius 1 is 1.20 bits per heavy atom. The molecule has 2 aromatic carbocycles. The van der Waals surface area contributed by atoms with Gasteiger partial charge in [-0.15, -0.1) is 0 Å². The first-order valence-electron chi connectivity index (χ1n) is 5.64. The maximum Gasteiger partial charge on any atom is 0.255 e. The van der Waals surface area contributed by atoms with Crippen molar-refractivity contribution in [1.29, 1.82) is 0 Å². The molecule has 6 heteroatoms. The lowest BCUT2D eigenvalue weighted by atomic mass is 10.2. The van der Waals surface area contributed by atoms with E-state index in [2.05, 4.69) is 21.2 Å². The molecule has 0 aliphatic rings. The third kappa shape index (κ3) is 3.26. The van der Waals surface area contributed by atoms with Gasteiger partial charge in [0.25, 0.3) is 5.91 Å². The molecule has 3 nitrogen and oxygen atoms in total. The van der Waals surface area contributed by atoms with E-state index in [4.69, 9.17) is 23.2 Å². The largest absolute Gasteiger partial charge is 0.507 e. The van der Waals surface area contributed by atoms with Crippen molar-refractivity contribution in [1.82, 2.24) is 0 Å². The van der Waals surface area contributed by atoms with Crippen molar-refractivity contribution in [3.8, 4) is 5.75 Å². The lowest BCUT2D eigenvalue weighted by Crippen LogP contribution is -2.12. The second kappa shape index (κ2) is 6.04. The molecule has 1 amide bonds. The Balaban J connectivity index is 2.27. The molecule has 2 N–H and O–H groups in total. The van der Waals surface area contributed by atoms with E-state index in [0.717, 1.165) is 5.56 Å². The molecule has 0 spiro atoms. The fourth-order valence-corrected chi connectivity index (χ4v) is 2.27. The average Bonchev–Trinajstić information content (AvgIpc) is 2.39. The highest BCUT2D eigenvalue weighted by molar-refractivity contribution is 9.10. The first kappa shape index (κ1) is 15.2. The minimum absolute atomic E-state index is 0.00862. The third-order valence-electron chi connectivity index (χ3n) is 2.70. The van der Waals surface area contributed by atoms with E-state index in [-0.39, 0.29) is 11.7 Å². The fraction of sp³-hybridized carbons (Fsp3) is 0.0714. The molecule has 0 saturated carbocycles. The summed E-state index contributed by atoms with van der Waals surface area (Å²) in [4.78, 5) is 12.1. The van der Waals surface area contributed by atoms with E-state index >= 15 is 0 Å². The normalized spacial score (nSPS) is 10.4. The number of hydrogen-bond acceptors (Lipinski definition) is 2. The number of aromatic hydroxyl groups is 1. The van der Waals surface area contributed by atoms with E-state index in [1.54, 1.807) is 24.3 Å². The van der Waals surface area contributed by atoms with Crippen LogP contribution in [0.25, 0.3) is 0 Å². The summed E-state index contributed by atoms with van der Waals surface area (Å²) in [5, 5.41) is 13.2. The van der Waals surface area contributed by atoms with E-state index in [1.165, 1.54) is 6.07 Å². The summed E-state index contributed by atoms with van der Waals surface area (Å²) in [7, 11) is 0. The summed E-state index contributed by atoms with van der Waals surface area (Å²) < 4.78 is 0.519. The van der Waals surface area contributed by atoms with Crippen LogP contribution in [-0.4, -0.2) is 11.0 Å². The Hall–Kier alpha value is -1.23. The maximum absolute atomic E-state index is 12.1. The van der Waals surface area contributed by atoms with Crippen molar-refractivity contribution in [3.05, 3.63) is 56.0 Å². The second-order valence-electron chi connectivity index (χ2n) is 4.20. The van der Waals surface area contributed by atoms with Gasteiger partial charge in [-0.1, -0.05) is 23.2 Å². The van der Waals surface area contributed by atoms with Gasteiger partial charge in [-0.2, -0.15) is 0 Å². The highest BCUT2D eigenvalue weighted by atomic mass is 79.9. The number of phenols is 1. The number of aryl methyl sites for hydroxylation is 1. The minimum atomic E-state index is -0.380. The molecule has 0 heterocycles. The molecule has 0 aromatic heterocycles. The quantitative estimate of drug-likeness (QED) is 0.775. The van der Waals surface area contributed by atoms with Gasteiger partial charge in [-0.05, 0) is 58.7 Å². The van der Waals surface area contributed by atoms with E-state index < -0.39 is 0 Å². The Bertz CT molecular complexity index is 689. The van der Waals surface area contributed by atoms with Gasteiger partial charge in [-0.25, -0.2) is 0 Å². The molecule has 0 atom stereocenters. The smallest absolute Gasteiger partial charge is 0.255 e. The number of hydrogen-bond donors (Lipinski definition) is 2. The predicted octanol–water partition coefficient (Wildman–Crippen LogP) is 5.02. The van der Waals surface area contributed by atoms with Crippen LogP contribution in [-0.2, 0) is 0 Å². The standard InChI is InChI=1S/C14H10BrCl2NO2/c1-7-4-11(17)12(6-10(7)16)18-14(20)8-2-3-9(15)13(19)5-8/h2-6,19H,1H3,(H,18,20). The molecule has 2 rings (SSSR count). The molecule has 0 fully saturated rings. The summed E-state index contributed by atoms with van der Waals surface area (Å²) in [5.41, 5.74) is 1.57. The Labute approximate surface area is 134 Å². The minimum Gasteiger partial charge on any atom is -0.507 e. The van der Waals surface area contributed by atoms with Gasteiger partial charge >= 0.3 is 0 Å². The van der Waals surface area contributed by atoms with Gasteiger partial charge in [0, 0.05) is 10.6 Å². The van der Waals surface area contributed by atoms with Gasteiger partial charge in [-0.3, -0.25) is 4.79 Å². The monoisotopic (exact) mass is 373 g/mol. The Kier molecular flexibility index (Phi) is 4.58. The maximum atomic E-state index is 12.1. The van der Waals surface area contributed by atoms with Crippen molar-refractivity contribution < 1.29 is 9.90 Å². The molecule has 0 saturated heterocycles. The van der Waals surface area contributed by atoms with Crippen molar-refractivity contribution in [2.45, 2.75) is 6.92 Å². The van der Waals surface area contributed by atoms with E-state index in [0.29, 0.717) is 25.8 Å². The zero-order valence-corrected chi connectivity index (χ0v) is 13.5. The molecule has 104 valence electrons. The highest BCUT2D eigenvalue weighted by Crippen LogP contribution is 2.30. The van der Waals surface area contributed by atoms with Gasteiger partial charge < -0.3 is 10.4 Å². The first-order chi connectivity index (χ1) is 9.38. The van der Waals surface area contributed by atoms with Crippen LogP contribution < -0.4 is 5.32 Å². The Morgan fingerprint density at radius 3 is 2.55 bits per heavy atom. The topological polar surface area (TPSA) is 49.3 Å². The molecule has 20 heavy (non-hydrogen) atoms. The van der Waals surface area contributed by atoms with Crippen LogP contribution in [0.3, 0.4) is 0 Å². The summed E-state index contributed by atoms with van der Waals surface area (Å²) >= 11 is 15.2. The number of carbonyl (C=O) groups excluding carboxylic acids is 1. The molecule has 2 aromatic rings. The number of carbonyl (C=O) groups is 1. The SMILES string of the molecule is Cc1cc(Cl)c(NC(=O)c2ccc(Br)c(O)c2)cc1Cl. The predicted molar refractivity (Wildman–Crippen MR) is 85.0 cm³/mol. The van der Waals surface area contributed by atoms with Crippen LogP contribution in [0.15, 0.2) is 34.8 Å². The van der Waals surface area contributed by atoms with Gasteiger partial charge in [0.2, 0.25) is 0 Å². The summed E-state index contributed by atoms with van der Waals surface area (Å²) in [6.07, 6.45) is 0. The molecule has 0 aliphatic carbocycles. The highest BCUT2D eigenvalue weighted by Gasteiger charge is 2.12. The number of rotatable bonds is 2. The number of amides is 1. The first-order valence-corrected chi connectivity index (χ1v) is 7.19. The molecule has 0 aliphatic heterocycles. The molecule has 0 unspecified atom stereocenters. The van der Waals surface area contributed by atoms with Crippen LogP contribution in [0.2, 0.25) is 10.0 Å². The number of anilines is 1. The van der Waals surface area contributed by atoms with Crippen molar-refractivity contribution in [2.75, 3.05) is 5.32 Å². The third-order valence-corrected chi connectivity index (χ3v) is 4.10. The van der Waals surface area contributed by atoms with Crippen LogP contribution in [0.4, 0.5) is 5.69 Å². The summed E-state index contributed by atoms with van der Waals surface area (Å²) in [5.74, 6) is -0.389. The molecular weight excluding hydrogens is 365 g/mol. The van der Waals surface area contributed by atoms with Crippen molar-refractivity contribution in [2.24, 2.45) is 0 Å². The zero-order valence-electron chi connectivity index (χ0n) is 10.4. The van der Waals surface area contributed by atoms with Crippen LogP contribution in [0, 0.1) is 6.92 Å². The van der Waals surface area contributed by atoms with Gasteiger partial charge in [0.15, 0.2) is 0 Å². The Morgan fingerprint density at radius 2 is 1.90 bits per heavy atom. The average molecular weight is 375 g/mol. The molecule has 0 radical (unpaired) electrons. The number of phenolic OH excluding ortho intramolecular Hbond substituents is 1. The van der Waals surface area contributed by atoms with Crippen molar-refractivity contribution >= 4 is 50.7 Å². The van der Waals surface area contributed by atoms with Crippen LogP contribution >= 0.6 is 39.1 Å². The molecule has 0 bridgehead atoms. The van der Waals surface area contributed by atoms with E-state index in [9.17, 15) is 9.90 Å². The number of benzene rings is 2.